The van der Waals surface area contributed by atoms with Crippen LogP contribution >= 0.6 is 7.82 Å². The maximum Gasteiger partial charge on any atom is 0.306 e. The normalized spacial score (nSPS) is 13.8. The van der Waals surface area contributed by atoms with Crippen molar-refractivity contribution in [3.8, 4) is 0 Å². The van der Waals surface area contributed by atoms with Crippen molar-refractivity contribution < 1.29 is 42.1 Å². The minimum absolute atomic E-state index is 0.0432. The second-order valence-electron chi connectivity index (χ2n) is 24.2. The van der Waals surface area contributed by atoms with Crippen molar-refractivity contribution in [2.45, 2.75) is 309 Å². The van der Waals surface area contributed by atoms with E-state index in [2.05, 4.69) is 111 Å². The lowest BCUT2D eigenvalue weighted by Gasteiger charge is -2.28. The van der Waals surface area contributed by atoms with Crippen LogP contribution in [0, 0.1) is 0 Å². The molecule has 0 radical (unpaired) electrons. The van der Waals surface area contributed by atoms with Gasteiger partial charge in [0.1, 0.15) is 19.8 Å². The summed E-state index contributed by atoms with van der Waals surface area (Å²) in [4.78, 5) is 38.0. The predicted octanol–water partition coefficient (Wildman–Crippen LogP) is 21.7. The van der Waals surface area contributed by atoms with Crippen molar-refractivity contribution >= 4 is 19.8 Å². The number of ether oxygens (including phenoxy) is 2. The second kappa shape index (κ2) is 63.4. The average molecular weight is 1180 g/mol. The molecule has 83 heavy (non-hydrogen) atoms. The van der Waals surface area contributed by atoms with E-state index in [1.165, 1.54) is 186 Å². The fraction of sp³-hybridized carbons (Fsp3) is 0.753. The minimum atomic E-state index is -4.66. The van der Waals surface area contributed by atoms with E-state index in [1.807, 2.05) is 21.1 Å². The Bertz CT molecular complexity index is 1720. The molecule has 0 aliphatic rings. The van der Waals surface area contributed by atoms with Gasteiger partial charge in [0.25, 0.3) is 7.82 Å². The Balaban J connectivity index is 4.11. The van der Waals surface area contributed by atoms with E-state index in [9.17, 15) is 19.0 Å². The van der Waals surface area contributed by atoms with Gasteiger partial charge in [0.15, 0.2) is 6.10 Å². The molecule has 480 valence electrons. The Morgan fingerprint density at radius 3 is 1.02 bits per heavy atom. The van der Waals surface area contributed by atoms with Gasteiger partial charge in [0.2, 0.25) is 0 Å². The van der Waals surface area contributed by atoms with E-state index >= 15 is 0 Å². The zero-order valence-corrected chi connectivity index (χ0v) is 55.5. The number of phosphoric ester groups is 1. The zero-order valence-electron chi connectivity index (χ0n) is 54.6. The highest BCUT2D eigenvalue weighted by Crippen LogP contribution is 2.38. The molecule has 0 spiro atoms. The summed E-state index contributed by atoms with van der Waals surface area (Å²) in [6.45, 7) is 4.11. The summed E-state index contributed by atoms with van der Waals surface area (Å²) in [5, 5.41) is 0. The van der Waals surface area contributed by atoms with Crippen LogP contribution in [-0.2, 0) is 32.7 Å². The van der Waals surface area contributed by atoms with Crippen molar-refractivity contribution in [3.05, 3.63) is 97.2 Å². The molecule has 0 aromatic heterocycles. The number of carbonyl (C=O) groups is 2. The first-order chi connectivity index (χ1) is 40.5. The van der Waals surface area contributed by atoms with Gasteiger partial charge in [0, 0.05) is 12.8 Å². The van der Waals surface area contributed by atoms with Crippen LogP contribution in [0.2, 0.25) is 0 Å². The van der Waals surface area contributed by atoms with Crippen LogP contribution in [0.15, 0.2) is 97.2 Å². The van der Waals surface area contributed by atoms with Gasteiger partial charge >= 0.3 is 11.9 Å². The number of esters is 2. The lowest BCUT2D eigenvalue weighted by atomic mass is 10.0. The summed E-state index contributed by atoms with van der Waals surface area (Å²) >= 11 is 0. The molecule has 0 aromatic carbocycles. The lowest BCUT2D eigenvalue weighted by Crippen LogP contribution is -2.37. The van der Waals surface area contributed by atoms with E-state index in [0.717, 1.165) is 83.5 Å². The number of likely N-dealkylation sites (N-methyl/N-ethyl adjacent to an activating group) is 1. The zero-order chi connectivity index (χ0) is 60.5. The minimum Gasteiger partial charge on any atom is -0.756 e. The predicted molar refractivity (Wildman–Crippen MR) is 355 cm³/mol. The third-order valence-corrected chi connectivity index (χ3v) is 15.8. The number of nitrogens with zero attached hydrogens (tertiary/aromatic N) is 1. The van der Waals surface area contributed by atoms with Gasteiger partial charge in [0.05, 0.1) is 27.7 Å². The molecule has 0 fully saturated rings. The lowest BCUT2D eigenvalue weighted by molar-refractivity contribution is -0.870. The SMILES string of the molecule is CC/C=C\C/C=C\C/C=C\C/C=C\C/C=C\C/C=C\C/C=C\C/C=C\CCCCC(=O)OC(COC(=O)CCCCCCCCCCCCCCCCCCCCCCCCCCCCCCCCCC)COP(=O)([O-])OCC[N+](C)(C)C. The van der Waals surface area contributed by atoms with E-state index < -0.39 is 32.5 Å². The van der Waals surface area contributed by atoms with E-state index in [-0.39, 0.29) is 26.1 Å². The Kier molecular flexibility index (Phi) is 61.1. The van der Waals surface area contributed by atoms with Crippen molar-refractivity contribution in [1.82, 2.24) is 0 Å². The molecule has 0 bridgehead atoms. The summed E-state index contributed by atoms with van der Waals surface area (Å²) in [6.07, 6.45) is 87.9. The molecular weight excluding hydrogens is 1050 g/mol. The summed E-state index contributed by atoms with van der Waals surface area (Å²) < 4.78 is 34.2. The molecule has 0 N–H and O–H groups in total. The van der Waals surface area contributed by atoms with Crippen molar-refractivity contribution in [2.75, 3.05) is 47.5 Å². The quantitative estimate of drug-likeness (QED) is 0.0195. The molecule has 0 aliphatic heterocycles. The molecule has 0 rings (SSSR count). The largest absolute Gasteiger partial charge is 0.756 e. The van der Waals surface area contributed by atoms with Crippen LogP contribution in [-0.4, -0.2) is 70.0 Å². The number of hydrogen-bond donors (Lipinski definition) is 0. The van der Waals surface area contributed by atoms with Crippen LogP contribution < -0.4 is 4.89 Å². The first kappa shape index (κ1) is 79.9. The van der Waals surface area contributed by atoms with Gasteiger partial charge in [-0.3, -0.25) is 14.2 Å². The molecule has 9 nitrogen and oxygen atoms in total. The Morgan fingerprint density at radius 2 is 0.687 bits per heavy atom. The van der Waals surface area contributed by atoms with Crippen molar-refractivity contribution in [3.63, 3.8) is 0 Å². The Labute approximate surface area is 513 Å². The molecule has 2 unspecified atom stereocenters. The summed E-state index contributed by atoms with van der Waals surface area (Å²) in [6, 6.07) is 0. The first-order valence-corrected chi connectivity index (χ1v) is 35.9. The van der Waals surface area contributed by atoms with Crippen molar-refractivity contribution in [1.29, 1.82) is 0 Å². The number of quaternary nitrogens is 1. The van der Waals surface area contributed by atoms with Gasteiger partial charge in [-0.25, -0.2) is 0 Å². The molecule has 0 aliphatic carbocycles. The molecule has 0 saturated carbocycles. The highest BCUT2D eigenvalue weighted by molar-refractivity contribution is 7.45. The Hall–Kier alpha value is -3.07. The maximum atomic E-state index is 12.8. The molecular formula is C73H130NO8P. The van der Waals surface area contributed by atoms with E-state index in [1.54, 1.807) is 0 Å². The number of phosphoric acid groups is 1. The van der Waals surface area contributed by atoms with E-state index in [4.69, 9.17) is 18.5 Å². The molecule has 0 heterocycles. The molecule has 0 saturated heterocycles. The standard InChI is InChI=1S/C73H130NO8P/c1-6-8-10-12-14-16-18-20-22-24-26-28-30-32-34-35-36-37-38-40-41-43-45-47-49-51-53-55-57-59-61-63-65-72(75)79-69-71(70-81-83(77,78)80-68-67-74(3,4)5)82-73(76)66-64-62-60-58-56-54-52-50-48-46-44-42-39-33-31-29-27-25-23-21-19-17-15-13-11-9-7-2/h9,11,15,17,21,23,27,29,33,39,44,46,50,52,56,58,71H,6-8,10,12-14,16,18-20,22,24-26,28,30-32,34-38,40-43,45,47-49,51,53-55,57,59-70H2,1-5H3/b11-9-,17-15-,23-21-,29-27-,39-33-,46-44-,52-50-,58-56-. The number of rotatable bonds is 63. The topological polar surface area (TPSA) is 111 Å². The highest BCUT2D eigenvalue weighted by atomic mass is 31.2. The Morgan fingerprint density at radius 1 is 0.386 bits per heavy atom. The van der Waals surface area contributed by atoms with Crippen LogP contribution in [0.25, 0.3) is 0 Å². The van der Waals surface area contributed by atoms with Gasteiger partial charge in [-0.2, -0.15) is 0 Å². The second-order valence-corrected chi connectivity index (χ2v) is 25.6. The monoisotopic (exact) mass is 1180 g/mol. The van der Waals surface area contributed by atoms with Gasteiger partial charge in [-0.1, -0.05) is 310 Å². The summed E-state index contributed by atoms with van der Waals surface area (Å²) in [5.74, 6) is -0.879. The van der Waals surface area contributed by atoms with E-state index in [0.29, 0.717) is 17.4 Å². The number of carbonyl (C=O) groups excluding carboxylic acids is 2. The van der Waals surface area contributed by atoms with Gasteiger partial charge < -0.3 is 27.9 Å². The number of hydrogen-bond acceptors (Lipinski definition) is 8. The molecule has 0 aromatic rings. The fourth-order valence-electron chi connectivity index (χ4n) is 9.62. The first-order valence-electron chi connectivity index (χ1n) is 34.4. The molecule has 0 amide bonds. The van der Waals surface area contributed by atoms with Crippen LogP contribution in [0.4, 0.5) is 0 Å². The highest BCUT2D eigenvalue weighted by Gasteiger charge is 2.22. The summed E-state index contributed by atoms with van der Waals surface area (Å²) in [5.41, 5.74) is 0. The van der Waals surface area contributed by atoms with Gasteiger partial charge in [-0.05, 0) is 77.0 Å². The maximum absolute atomic E-state index is 12.8. The average Bonchev–Trinajstić information content (AvgIpc) is 3.49. The third-order valence-electron chi connectivity index (χ3n) is 14.9. The third kappa shape index (κ3) is 67.9. The van der Waals surface area contributed by atoms with Crippen molar-refractivity contribution in [2.24, 2.45) is 0 Å². The fourth-order valence-corrected chi connectivity index (χ4v) is 10.3. The van der Waals surface area contributed by atoms with Crippen LogP contribution in [0.3, 0.4) is 0 Å². The smallest absolute Gasteiger partial charge is 0.306 e. The molecule has 10 heteroatoms. The number of unbranched alkanes of at least 4 members (excludes halogenated alkanes) is 33. The van der Waals surface area contributed by atoms with Crippen LogP contribution in [0.5, 0.6) is 0 Å². The summed E-state index contributed by atoms with van der Waals surface area (Å²) in [7, 11) is 1.13. The van der Waals surface area contributed by atoms with Gasteiger partial charge in [-0.15, -0.1) is 0 Å². The molecule has 2 atom stereocenters. The number of allylic oxidation sites excluding steroid dienone is 16. The van der Waals surface area contributed by atoms with Crippen LogP contribution in [0.1, 0.15) is 303 Å².